The molecular weight excluding hydrogens is 206 g/mol. The van der Waals surface area contributed by atoms with Gasteiger partial charge < -0.3 is 0 Å². The molecule has 0 heterocycles. The van der Waals surface area contributed by atoms with Crippen LogP contribution in [0.2, 0.25) is 0 Å². The summed E-state index contributed by atoms with van der Waals surface area (Å²) in [4.78, 5) is 8.85. The largest absolute Gasteiger partial charge is 0.423 e. The van der Waals surface area contributed by atoms with Gasteiger partial charge in [0.25, 0.3) is 5.69 Å². The predicted molar refractivity (Wildman–Crippen MR) is 36.9 cm³/mol. The summed E-state index contributed by atoms with van der Waals surface area (Å²) in [5, 5.41) is 10.1. The van der Waals surface area contributed by atoms with Gasteiger partial charge in [0, 0.05) is 6.07 Å². The molecule has 0 saturated heterocycles. The standard InChI is InChI=1S/C7H2F4NO2/c8-4-1-2-5(7(9,10)11)6(3-4)12(13)14/h2-3H. The smallest absolute Gasteiger partial charge is 0.258 e. The molecule has 0 saturated carbocycles. The lowest BCUT2D eigenvalue weighted by Gasteiger charge is -2.06. The zero-order valence-corrected chi connectivity index (χ0v) is 6.43. The van der Waals surface area contributed by atoms with Gasteiger partial charge in [0.05, 0.1) is 11.0 Å². The van der Waals surface area contributed by atoms with E-state index in [9.17, 15) is 27.7 Å². The van der Waals surface area contributed by atoms with E-state index >= 15 is 0 Å². The van der Waals surface area contributed by atoms with Crippen LogP contribution in [0.1, 0.15) is 5.56 Å². The lowest BCUT2D eigenvalue weighted by Crippen LogP contribution is -2.09. The fourth-order valence-electron chi connectivity index (χ4n) is 0.833. The molecule has 0 aliphatic rings. The minimum Gasteiger partial charge on any atom is -0.258 e. The molecule has 3 nitrogen and oxygen atoms in total. The van der Waals surface area contributed by atoms with Crippen LogP contribution < -0.4 is 0 Å². The van der Waals surface area contributed by atoms with Crippen molar-refractivity contribution in [2.24, 2.45) is 0 Å². The van der Waals surface area contributed by atoms with E-state index in [4.69, 9.17) is 0 Å². The Hall–Kier alpha value is -1.66. The van der Waals surface area contributed by atoms with Gasteiger partial charge in [-0.05, 0) is 6.07 Å². The average molecular weight is 208 g/mol. The highest BCUT2D eigenvalue weighted by Gasteiger charge is 2.38. The molecule has 7 heteroatoms. The summed E-state index contributed by atoms with van der Waals surface area (Å²) in [7, 11) is 0. The summed E-state index contributed by atoms with van der Waals surface area (Å²) < 4.78 is 48.6. The fourth-order valence-corrected chi connectivity index (χ4v) is 0.833. The molecule has 0 bridgehead atoms. The number of halogens is 4. The van der Waals surface area contributed by atoms with Gasteiger partial charge in [0.1, 0.15) is 11.4 Å². The highest BCUT2D eigenvalue weighted by atomic mass is 19.4. The Kier molecular flexibility index (Phi) is 2.41. The number of hydrogen-bond donors (Lipinski definition) is 0. The first-order chi connectivity index (χ1) is 6.32. The maximum atomic E-state index is 12.4. The van der Waals surface area contributed by atoms with Crippen LogP contribution in [-0.4, -0.2) is 4.92 Å². The molecule has 1 radical (unpaired) electrons. The number of benzene rings is 1. The van der Waals surface area contributed by atoms with E-state index in [2.05, 4.69) is 0 Å². The first-order valence-corrected chi connectivity index (χ1v) is 3.25. The molecule has 14 heavy (non-hydrogen) atoms. The van der Waals surface area contributed by atoms with Crippen LogP contribution in [0, 0.1) is 22.0 Å². The van der Waals surface area contributed by atoms with Gasteiger partial charge in [-0.2, -0.15) is 13.2 Å². The molecular formula is C7H2F4NO2. The summed E-state index contributed by atoms with van der Waals surface area (Å²) >= 11 is 0. The zero-order valence-electron chi connectivity index (χ0n) is 6.43. The molecule has 75 valence electrons. The lowest BCUT2D eigenvalue weighted by molar-refractivity contribution is -0.388. The van der Waals surface area contributed by atoms with Crippen LogP contribution in [0.4, 0.5) is 23.2 Å². The van der Waals surface area contributed by atoms with Gasteiger partial charge in [0.2, 0.25) is 0 Å². The first kappa shape index (κ1) is 10.4. The average Bonchev–Trinajstić information content (AvgIpc) is 2.01. The van der Waals surface area contributed by atoms with Crippen molar-refractivity contribution in [3.05, 3.63) is 39.7 Å². The minimum atomic E-state index is -4.88. The first-order valence-electron chi connectivity index (χ1n) is 3.25. The molecule has 0 fully saturated rings. The normalized spacial score (nSPS) is 11.4. The van der Waals surface area contributed by atoms with Gasteiger partial charge in [-0.25, -0.2) is 4.39 Å². The van der Waals surface area contributed by atoms with E-state index in [-0.39, 0.29) is 12.1 Å². The van der Waals surface area contributed by atoms with Crippen LogP contribution in [0.15, 0.2) is 12.1 Å². The van der Waals surface area contributed by atoms with Crippen molar-refractivity contribution in [1.82, 2.24) is 0 Å². The molecule has 0 aromatic heterocycles. The molecule has 0 N–H and O–H groups in total. The highest BCUT2D eigenvalue weighted by Crippen LogP contribution is 2.35. The molecule has 1 aromatic carbocycles. The number of alkyl halides is 3. The molecule has 0 spiro atoms. The maximum Gasteiger partial charge on any atom is 0.423 e. The molecule has 0 amide bonds. The maximum absolute atomic E-state index is 12.4. The fraction of sp³-hybridized carbons (Fsp3) is 0.143. The number of nitro benzene ring substituents is 1. The van der Waals surface area contributed by atoms with Gasteiger partial charge >= 0.3 is 6.18 Å². The third-order valence-corrected chi connectivity index (χ3v) is 1.40. The monoisotopic (exact) mass is 208 g/mol. The van der Waals surface area contributed by atoms with Gasteiger partial charge in [0.15, 0.2) is 0 Å². The van der Waals surface area contributed by atoms with Crippen LogP contribution in [-0.2, 0) is 6.18 Å². The third-order valence-electron chi connectivity index (χ3n) is 1.40. The highest BCUT2D eigenvalue weighted by molar-refractivity contribution is 5.41. The van der Waals surface area contributed by atoms with E-state index in [1.807, 2.05) is 0 Å². The van der Waals surface area contributed by atoms with Crippen molar-refractivity contribution in [2.45, 2.75) is 6.18 Å². The van der Waals surface area contributed by atoms with Crippen LogP contribution >= 0.6 is 0 Å². The summed E-state index contributed by atoms with van der Waals surface area (Å²) in [5.74, 6) is -1.20. The summed E-state index contributed by atoms with van der Waals surface area (Å²) in [6.45, 7) is 0. The van der Waals surface area contributed by atoms with E-state index in [0.29, 0.717) is 0 Å². The van der Waals surface area contributed by atoms with Crippen LogP contribution in [0.3, 0.4) is 0 Å². The Morgan fingerprint density at radius 3 is 2.43 bits per heavy atom. The van der Waals surface area contributed by atoms with Gasteiger partial charge in [-0.3, -0.25) is 10.1 Å². The number of rotatable bonds is 1. The zero-order chi connectivity index (χ0) is 10.9. The Labute approximate surface area is 75.1 Å². The van der Waals surface area contributed by atoms with Crippen LogP contribution in [0.5, 0.6) is 0 Å². The number of hydrogen-bond acceptors (Lipinski definition) is 2. The number of nitro groups is 1. The summed E-state index contributed by atoms with van der Waals surface area (Å²) in [6.07, 6.45) is -4.88. The quantitative estimate of drug-likeness (QED) is 0.404. The molecule has 0 unspecified atom stereocenters. The van der Waals surface area contributed by atoms with Crippen LogP contribution in [0.25, 0.3) is 0 Å². The van der Waals surface area contributed by atoms with Crippen molar-refractivity contribution < 1.29 is 22.5 Å². The van der Waals surface area contributed by atoms with E-state index in [0.717, 1.165) is 0 Å². The van der Waals surface area contributed by atoms with Crippen molar-refractivity contribution in [3.8, 4) is 0 Å². The minimum absolute atomic E-state index is 0.183. The molecule has 1 rings (SSSR count). The molecule has 0 atom stereocenters. The van der Waals surface area contributed by atoms with Crippen molar-refractivity contribution in [1.29, 1.82) is 0 Å². The second-order valence-electron chi connectivity index (χ2n) is 2.33. The predicted octanol–water partition coefficient (Wildman–Crippen LogP) is 2.55. The van der Waals surface area contributed by atoms with E-state index in [1.165, 1.54) is 0 Å². The summed E-state index contributed by atoms with van der Waals surface area (Å²) in [5.41, 5.74) is -2.82. The Morgan fingerprint density at radius 2 is 2.00 bits per heavy atom. The Balaban J connectivity index is 3.37. The molecule has 0 aliphatic heterocycles. The van der Waals surface area contributed by atoms with E-state index < -0.39 is 28.2 Å². The van der Waals surface area contributed by atoms with Crippen molar-refractivity contribution >= 4 is 5.69 Å². The van der Waals surface area contributed by atoms with Crippen molar-refractivity contribution in [2.75, 3.05) is 0 Å². The Bertz CT molecular complexity index is 374. The molecule has 0 aliphatic carbocycles. The topological polar surface area (TPSA) is 43.1 Å². The second kappa shape index (κ2) is 3.24. The van der Waals surface area contributed by atoms with E-state index in [1.54, 1.807) is 6.07 Å². The Morgan fingerprint density at radius 1 is 1.43 bits per heavy atom. The lowest BCUT2D eigenvalue weighted by atomic mass is 10.1. The molecule has 1 aromatic rings. The summed E-state index contributed by atoms with van der Waals surface area (Å²) in [6, 6.07) is 2.01. The SMILES string of the molecule is O=[N+]([O-])c1cc(F)[c]cc1C(F)(F)F. The second-order valence-corrected chi connectivity index (χ2v) is 2.33. The van der Waals surface area contributed by atoms with Gasteiger partial charge in [-0.1, -0.05) is 0 Å². The number of nitrogens with zero attached hydrogens (tertiary/aromatic N) is 1. The third kappa shape index (κ3) is 1.98. The van der Waals surface area contributed by atoms with Gasteiger partial charge in [-0.15, -0.1) is 0 Å². The van der Waals surface area contributed by atoms with Crippen molar-refractivity contribution in [3.63, 3.8) is 0 Å².